The van der Waals surface area contributed by atoms with Gasteiger partial charge in [0.1, 0.15) is 17.5 Å². The number of carbonyl (C=O) groups excluding carboxylic acids is 1. The van der Waals surface area contributed by atoms with Gasteiger partial charge < -0.3 is 14.9 Å². The van der Waals surface area contributed by atoms with E-state index in [0.29, 0.717) is 22.2 Å². The van der Waals surface area contributed by atoms with Crippen LogP contribution in [-0.2, 0) is 10.2 Å². The number of aliphatic hydroxyl groups excluding tert-OH is 1. The fourth-order valence-electron chi connectivity index (χ4n) is 3.33. The number of halogens is 1. The first-order valence-electron chi connectivity index (χ1n) is 9.22. The number of nitriles is 1. The predicted molar refractivity (Wildman–Crippen MR) is 110 cm³/mol. The summed E-state index contributed by atoms with van der Waals surface area (Å²) in [5.41, 5.74) is 0.422. The summed E-state index contributed by atoms with van der Waals surface area (Å²) in [6.07, 6.45) is 0.229. The van der Waals surface area contributed by atoms with E-state index in [0.717, 1.165) is 0 Å². The zero-order valence-corrected chi connectivity index (χ0v) is 17.9. The highest BCUT2D eigenvalue weighted by Gasteiger charge is 2.39. The van der Waals surface area contributed by atoms with E-state index in [1.165, 1.54) is 28.9 Å². The molecule has 2 aliphatic heterocycles. The first-order chi connectivity index (χ1) is 13.5. The van der Waals surface area contributed by atoms with Crippen molar-refractivity contribution in [2.24, 2.45) is 10.9 Å². The first kappa shape index (κ1) is 21.3. The van der Waals surface area contributed by atoms with Gasteiger partial charge in [-0.25, -0.2) is 9.38 Å². The molecule has 154 valence electrons. The van der Waals surface area contributed by atoms with E-state index in [4.69, 9.17) is 0 Å². The molecule has 0 spiro atoms. The Morgan fingerprint density at radius 3 is 2.69 bits per heavy atom. The molecule has 0 radical (unpaired) electrons. The molecule has 7 nitrogen and oxygen atoms in total. The molecule has 0 aliphatic carbocycles. The predicted octanol–water partition coefficient (Wildman–Crippen LogP) is 2.19. The Bertz CT molecular complexity index is 945. The molecule has 9 heteroatoms. The molecule has 0 aromatic carbocycles. The zero-order chi connectivity index (χ0) is 21.5. The average Bonchev–Trinajstić information content (AvgIpc) is 2.65. The van der Waals surface area contributed by atoms with E-state index in [2.05, 4.69) is 9.98 Å². The van der Waals surface area contributed by atoms with Crippen LogP contribution in [0.3, 0.4) is 0 Å². The Kier molecular flexibility index (Phi) is 5.70. The number of nitrogens with zero attached hydrogens (tertiary/aromatic N) is 5. The van der Waals surface area contributed by atoms with Crippen molar-refractivity contribution in [1.29, 1.82) is 5.26 Å². The lowest BCUT2D eigenvalue weighted by atomic mass is 9.90. The molecule has 1 aromatic heterocycles. The summed E-state index contributed by atoms with van der Waals surface area (Å²) < 4.78 is 14.6. The van der Waals surface area contributed by atoms with E-state index in [1.807, 2.05) is 26.8 Å². The third-order valence-corrected chi connectivity index (χ3v) is 5.98. The lowest BCUT2D eigenvalue weighted by Crippen LogP contribution is -2.51. The van der Waals surface area contributed by atoms with Crippen LogP contribution in [0.25, 0.3) is 5.70 Å². The van der Waals surface area contributed by atoms with Crippen molar-refractivity contribution in [2.45, 2.75) is 32.4 Å². The number of aliphatic imine (C=N–C) groups is 1. The lowest BCUT2D eigenvalue weighted by molar-refractivity contribution is -0.133. The molecule has 29 heavy (non-hydrogen) atoms. The standard InChI is InChI=1S/C20H24FN5O2S/c1-20(2,3)16-14(21)6-11(8-23-16)15-13(7-22)18(28)26-9-12(17(27)25(4)5)10-29-19(26)24-15/h6,8,12,18,28H,9-10H2,1-5H3. The Morgan fingerprint density at radius 2 is 2.14 bits per heavy atom. The van der Waals surface area contributed by atoms with Crippen molar-refractivity contribution in [1.82, 2.24) is 14.8 Å². The van der Waals surface area contributed by atoms with Crippen LogP contribution >= 0.6 is 11.8 Å². The molecule has 2 unspecified atom stereocenters. The number of amidine groups is 1. The molecule has 3 rings (SSSR count). The second kappa shape index (κ2) is 7.76. The number of aromatic nitrogens is 1. The molecule has 0 saturated carbocycles. The highest BCUT2D eigenvalue weighted by atomic mass is 32.2. The Balaban J connectivity index is 1.97. The maximum atomic E-state index is 14.6. The van der Waals surface area contributed by atoms with Gasteiger partial charge in [-0.1, -0.05) is 32.5 Å². The van der Waals surface area contributed by atoms with Gasteiger partial charge >= 0.3 is 0 Å². The number of hydrogen-bond donors (Lipinski definition) is 1. The van der Waals surface area contributed by atoms with Crippen LogP contribution in [-0.4, -0.2) is 63.6 Å². The number of hydrogen-bond acceptors (Lipinski definition) is 7. The summed E-state index contributed by atoms with van der Waals surface area (Å²) in [5, 5.41) is 20.9. The van der Waals surface area contributed by atoms with E-state index >= 15 is 0 Å². The Labute approximate surface area is 173 Å². The molecule has 0 bridgehead atoms. The number of fused-ring (bicyclic) bond motifs is 1. The van der Waals surface area contributed by atoms with E-state index < -0.39 is 17.5 Å². The summed E-state index contributed by atoms with van der Waals surface area (Å²) in [6.45, 7) is 5.86. The maximum absolute atomic E-state index is 14.6. The number of amides is 1. The van der Waals surface area contributed by atoms with Gasteiger partial charge in [-0.2, -0.15) is 5.26 Å². The number of pyridine rings is 1. The number of carbonyl (C=O) groups is 1. The number of rotatable bonds is 2. The number of aliphatic hydroxyl groups is 1. The van der Waals surface area contributed by atoms with Gasteiger partial charge in [-0.05, 0) is 6.07 Å². The summed E-state index contributed by atoms with van der Waals surface area (Å²) in [5.74, 6) is -0.315. The van der Waals surface area contributed by atoms with Crippen LogP contribution in [0.5, 0.6) is 0 Å². The van der Waals surface area contributed by atoms with Crippen LogP contribution in [0.1, 0.15) is 32.0 Å². The van der Waals surface area contributed by atoms with Crippen molar-refractivity contribution in [3.05, 3.63) is 34.9 Å². The van der Waals surface area contributed by atoms with Crippen LogP contribution in [0.15, 0.2) is 22.8 Å². The SMILES string of the molecule is CN(C)C(=O)C1CSC2=NC(c3cnc(C(C)(C)C)c(F)c3)=C(C#N)C(O)N2C1. The smallest absolute Gasteiger partial charge is 0.227 e. The molecule has 1 aromatic rings. The zero-order valence-electron chi connectivity index (χ0n) is 17.1. The van der Waals surface area contributed by atoms with Crippen LogP contribution in [0.4, 0.5) is 4.39 Å². The maximum Gasteiger partial charge on any atom is 0.227 e. The Morgan fingerprint density at radius 1 is 1.45 bits per heavy atom. The van der Waals surface area contributed by atoms with Gasteiger partial charge in [0.05, 0.1) is 17.3 Å². The second-order valence-corrected chi connectivity index (χ2v) is 9.33. The molecule has 1 amide bonds. The third kappa shape index (κ3) is 4.00. The van der Waals surface area contributed by atoms with Gasteiger partial charge in [-0.15, -0.1) is 0 Å². The summed E-state index contributed by atoms with van der Waals surface area (Å²) in [7, 11) is 3.37. The van der Waals surface area contributed by atoms with Crippen molar-refractivity contribution in [3.63, 3.8) is 0 Å². The van der Waals surface area contributed by atoms with Gasteiger partial charge in [0.25, 0.3) is 0 Å². The minimum absolute atomic E-state index is 0.0111. The minimum atomic E-state index is -1.25. The van der Waals surface area contributed by atoms with Gasteiger partial charge in [-0.3, -0.25) is 9.78 Å². The van der Waals surface area contributed by atoms with Crippen LogP contribution < -0.4 is 0 Å². The molecule has 3 heterocycles. The highest BCUT2D eigenvalue weighted by Crippen LogP contribution is 2.36. The quantitative estimate of drug-likeness (QED) is 0.793. The van der Waals surface area contributed by atoms with Crippen LogP contribution in [0, 0.1) is 23.1 Å². The number of thioether (sulfide) groups is 1. The summed E-state index contributed by atoms with van der Waals surface area (Å²) >= 11 is 1.34. The molecule has 1 N–H and O–H groups in total. The highest BCUT2D eigenvalue weighted by molar-refractivity contribution is 8.13. The monoisotopic (exact) mass is 417 g/mol. The lowest BCUT2D eigenvalue weighted by Gasteiger charge is -2.40. The van der Waals surface area contributed by atoms with Crippen LogP contribution in [0.2, 0.25) is 0 Å². The fourth-order valence-corrected chi connectivity index (χ4v) is 4.42. The van der Waals surface area contributed by atoms with E-state index in [1.54, 1.807) is 19.0 Å². The largest absolute Gasteiger partial charge is 0.368 e. The third-order valence-electron chi connectivity index (χ3n) is 4.83. The molecule has 1 fully saturated rings. The molecular weight excluding hydrogens is 393 g/mol. The summed E-state index contributed by atoms with van der Waals surface area (Å²) in [4.78, 5) is 24.1. The van der Waals surface area contributed by atoms with Crippen molar-refractivity contribution < 1.29 is 14.3 Å². The van der Waals surface area contributed by atoms with Gasteiger partial charge in [0.15, 0.2) is 11.4 Å². The van der Waals surface area contributed by atoms with Gasteiger partial charge in [0.2, 0.25) is 5.91 Å². The minimum Gasteiger partial charge on any atom is -0.368 e. The van der Waals surface area contributed by atoms with E-state index in [-0.39, 0.29) is 29.6 Å². The van der Waals surface area contributed by atoms with Crippen molar-refractivity contribution in [3.8, 4) is 6.07 Å². The van der Waals surface area contributed by atoms with Crippen molar-refractivity contribution >= 4 is 28.5 Å². The average molecular weight is 418 g/mol. The molecule has 2 aliphatic rings. The van der Waals surface area contributed by atoms with E-state index in [9.17, 15) is 19.6 Å². The van der Waals surface area contributed by atoms with Gasteiger partial charge in [0, 0.05) is 43.6 Å². The first-order valence-corrected chi connectivity index (χ1v) is 10.2. The topological polar surface area (TPSA) is 92.8 Å². The molecular formula is C20H24FN5O2S. The second-order valence-electron chi connectivity index (χ2n) is 8.34. The molecule has 1 saturated heterocycles. The summed E-state index contributed by atoms with van der Waals surface area (Å²) in [6, 6.07) is 3.30. The Hall–Kier alpha value is -2.44. The normalized spacial score (nSPS) is 22.0. The van der Waals surface area contributed by atoms with Crippen molar-refractivity contribution in [2.75, 3.05) is 26.4 Å². The fraction of sp³-hybridized carbons (Fsp3) is 0.500. The molecule has 2 atom stereocenters.